The van der Waals surface area contributed by atoms with Gasteiger partial charge in [-0.25, -0.2) is 0 Å². The fourth-order valence-electron chi connectivity index (χ4n) is 3.26. The summed E-state index contributed by atoms with van der Waals surface area (Å²) in [7, 11) is 0. The van der Waals surface area contributed by atoms with Crippen LogP contribution in [0.4, 0.5) is 0 Å². The van der Waals surface area contributed by atoms with Gasteiger partial charge in [0.1, 0.15) is 6.04 Å². The van der Waals surface area contributed by atoms with Crippen molar-refractivity contribution in [1.82, 2.24) is 20.9 Å². The Morgan fingerprint density at radius 2 is 1.54 bits per heavy atom. The summed E-state index contributed by atoms with van der Waals surface area (Å²) in [6, 6.07) is -0.588. The van der Waals surface area contributed by atoms with E-state index in [4.69, 9.17) is 0 Å². The lowest BCUT2D eigenvalue weighted by Gasteiger charge is -2.19. The maximum atomic E-state index is 12.0. The molecule has 1 aliphatic rings. The third kappa shape index (κ3) is 15.2. The number of amides is 5. The molecule has 2 atom stereocenters. The van der Waals surface area contributed by atoms with Gasteiger partial charge in [-0.15, -0.1) is 0 Å². The normalized spacial score (nSPS) is 15.5. The number of hydrogen-bond acceptors (Lipinski definition) is 5. The van der Waals surface area contributed by atoms with Gasteiger partial charge in [-0.1, -0.05) is 61.3 Å². The molecule has 9 heteroatoms. The van der Waals surface area contributed by atoms with Crippen LogP contribution in [-0.2, 0) is 24.0 Å². The molecule has 0 aromatic rings. The SMILES string of the molecule is CC.CCC.CCC(CC)NC(=O)[C@H](C)NC(=O)CNC(=O)CCCCCN1C(=O)CC(C)C1=O.[HH].[HH].[HH]. The zero-order valence-electron chi connectivity index (χ0n) is 23.3. The zero-order valence-corrected chi connectivity index (χ0v) is 23.3. The van der Waals surface area contributed by atoms with Crippen molar-refractivity contribution in [3.8, 4) is 0 Å². The number of nitrogens with zero attached hydrogens (tertiary/aromatic N) is 1. The Labute approximate surface area is 217 Å². The molecule has 1 unspecified atom stereocenters. The minimum Gasteiger partial charge on any atom is -0.352 e. The van der Waals surface area contributed by atoms with Crippen molar-refractivity contribution in [2.75, 3.05) is 13.1 Å². The highest BCUT2D eigenvalue weighted by Gasteiger charge is 2.34. The lowest BCUT2D eigenvalue weighted by molar-refractivity contribution is -0.139. The molecule has 1 fully saturated rings. The molecule has 9 nitrogen and oxygen atoms in total. The Kier molecular flexibility index (Phi) is 20.7. The van der Waals surface area contributed by atoms with Crippen LogP contribution in [-0.4, -0.2) is 59.6 Å². The number of hydrogen-bond donors (Lipinski definition) is 3. The smallest absolute Gasteiger partial charge is 0.242 e. The van der Waals surface area contributed by atoms with Crippen LogP contribution >= 0.6 is 0 Å². The number of rotatable bonds is 13. The first-order valence-corrected chi connectivity index (χ1v) is 13.3. The van der Waals surface area contributed by atoms with Crippen molar-refractivity contribution in [3.05, 3.63) is 0 Å². The molecule has 1 aliphatic heterocycles. The van der Waals surface area contributed by atoms with Crippen LogP contribution < -0.4 is 16.0 Å². The summed E-state index contributed by atoms with van der Waals surface area (Å²) in [4.78, 5) is 60.6. The van der Waals surface area contributed by atoms with Crippen LogP contribution in [0.5, 0.6) is 0 Å². The van der Waals surface area contributed by atoms with Gasteiger partial charge in [0.15, 0.2) is 0 Å². The summed E-state index contributed by atoms with van der Waals surface area (Å²) in [5.74, 6) is -1.39. The van der Waals surface area contributed by atoms with E-state index in [9.17, 15) is 24.0 Å². The van der Waals surface area contributed by atoms with Crippen LogP contribution in [0, 0.1) is 5.92 Å². The van der Waals surface area contributed by atoms with E-state index in [-0.39, 0.29) is 59.3 Å². The highest BCUT2D eigenvalue weighted by Crippen LogP contribution is 2.19. The standard InChI is InChI=1S/C21H36N4O5.C3H8.C2H6.3H2/c1-5-16(6-2)24-20(29)15(4)23-18(27)13-22-17(26)10-8-7-9-11-25-19(28)12-14(3)21(25)30;1-3-2;1-2;;;/h14-16H,5-13H2,1-4H3,(H,22,26)(H,23,27)(H,24,29);3H2,1-2H3;1-2H3;3*1H/t14?,15-;;;;;/m0...../s1. The summed E-state index contributed by atoms with van der Waals surface area (Å²) in [5, 5.41) is 7.98. The summed E-state index contributed by atoms with van der Waals surface area (Å²) < 4.78 is 0. The monoisotopic (exact) mass is 504 g/mol. The third-order valence-electron chi connectivity index (χ3n) is 5.30. The number of likely N-dealkylation sites (tertiary alicyclic amines) is 1. The average molecular weight is 505 g/mol. The number of imide groups is 1. The largest absolute Gasteiger partial charge is 0.352 e. The Morgan fingerprint density at radius 1 is 0.971 bits per heavy atom. The van der Waals surface area contributed by atoms with E-state index in [1.807, 2.05) is 27.7 Å². The molecular weight excluding hydrogens is 448 g/mol. The van der Waals surface area contributed by atoms with Crippen molar-refractivity contribution >= 4 is 29.5 Å². The van der Waals surface area contributed by atoms with E-state index in [2.05, 4.69) is 29.8 Å². The third-order valence-corrected chi connectivity index (χ3v) is 5.30. The summed E-state index contributed by atoms with van der Waals surface area (Å²) in [6.45, 7) is 15.8. The Morgan fingerprint density at radius 3 is 2.03 bits per heavy atom. The van der Waals surface area contributed by atoms with Crippen LogP contribution in [0.1, 0.15) is 111 Å². The molecular formula is C26H56N4O5. The van der Waals surface area contributed by atoms with Gasteiger partial charge in [-0.05, 0) is 32.6 Å². The Bertz CT molecular complexity index is 665. The fraction of sp³-hybridized carbons (Fsp3) is 0.808. The highest BCUT2D eigenvalue weighted by molar-refractivity contribution is 6.03. The minimum atomic E-state index is -0.672. The van der Waals surface area contributed by atoms with Crippen LogP contribution in [0.2, 0.25) is 0 Å². The van der Waals surface area contributed by atoms with Crippen LogP contribution in [0.3, 0.4) is 0 Å². The van der Waals surface area contributed by atoms with Crippen LogP contribution in [0.25, 0.3) is 0 Å². The molecule has 0 aromatic carbocycles. The van der Waals surface area contributed by atoms with Gasteiger partial charge in [0.2, 0.25) is 29.5 Å². The molecule has 35 heavy (non-hydrogen) atoms. The number of carbonyl (C=O) groups is 5. The molecule has 5 amide bonds. The van der Waals surface area contributed by atoms with Gasteiger partial charge in [-0.2, -0.15) is 0 Å². The number of carbonyl (C=O) groups excluding carboxylic acids is 5. The predicted molar refractivity (Wildman–Crippen MR) is 146 cm³/mol. The van der Waals surface area contributed by atoms with E-state index >= 15 is 0 Å². The first kappa shape index (κ1) is 34.7. The predicted octanol–water partition coefficient (Wildman–Crippen LogP) is 4.05. The summed E-state index contributed by atoms with van der Waals surface area (Å²) in [5.41, 5.74) is 0. The van der Waals surface area contributed by atoms with E-state index in [0.29, 0.717) is 25.8 Å². The highest BCUT2D eigenvalue weighted by atomic mass is 16.2. The van der Waals surface area contributed by atoms with Crippen LogP contribution in [0.15, 0.2) is 0 Å². The fourth-order valence-corrected chi connectivity index (χ4v) is 3.26. The average Bonchev–Trinajstić information content (AvgIpc) is 3.08. The molecule has 0 spiro atoms. The summed E-state index contributed by atoms with van der Waals surface area (Å²) >= 11 is 0. The van der Waals surface area contributed by atoms with Crippen molar-refractivity contribution in [2.45, 2.75) is 119 Å². The molecule has 1 saturated heterocycles. The van der Waals surface area contributed by atoms with Crippen molar-refractivity contribution in [1.29, 1.82) is 0 Å². The van der Waals surface area contributed by atoms with Gasteiger partial charge >= 0.3 is 0 Å². The van der Waals surface area contributed by atoms with Crippen molar-refractivity contribution < 1.29 is 28.3 Å². The molecule has 3 N–H and O–H groups in total. The lowest BCUT2D eigenvalue weighted by atomic mass is 10.1. The molecule has 1 rings (SSSR count). The maximum absolute atomic E-state index is 12.0. The first-order valence-electron chi connectivity index (χ1n) is 13.3. The maximum Gasteiger partial charge on any atom is 0.242 e. The molecule has 0 saturated carbocycles. The van der Waals surface area contributed by atoms with Gasteiger partial charge < -0.3 is 16.0 Å². The minimum absolute atomic E-state index is 0. The molecule has 0 aromatic heterocycles. The van der Waals surface area contributed by atoms with Gasteiger partial charge in [0, 0.05) is 35.6 Å². The Hall–Kier alpha value is -2.45. The first-order chi connectivity index (χ1) is 16.6. The second kappa shape index (κ2) is 20.9. The van der Waals surface area contributed by atoms with Crippen molar-refractivity contribution in [3.63, 3.8) is 0 Å². The number of nitrogens with one attached hydrogen (secondary N) is 3. The number of unbranched alkanes of at least 4 members (excludes halogenated alkanes) is 2. The lowest BCUT2D eigenvalue weighted by Crippen LogP contribution is -2.50. The quantitative estimate of drug-likeness (QED) is 0.258. The summed E-state index contributed by atoms with van der Waals surface area (Å²) in [6.07, 6.45) is 5.40. The topological polar surface area (TPSA) is 125 Å². The Balaban J connectivity index is -0.000000422. The van der Waals surface area contributed by atoms with Gasteiger partial charge in [-0.3, -0.25) is 28.9 Å². The molecule has 0 aliphatic carbocycles. The molecule has 0 radical (unpaired) electrons. The molecule has 1 heterocycles. The molecule has 0 bridgehead atoms. The molecule has 210 valence electrons. The second-order valence-electron chi connectivity index (χ2n) is 8.59. The van der Waals surface area contributed by atoms with E-state index in [1.165, 1.54) is 11.3 Å². The second-order valence-corrected chi connectivity index (χ2v) is 8.59. The van der Waals surface area contributed by atoms with E-state index < -0.39 is 11.9 Å². The van der Waals surface area contributed by atoms with Crippen molar-refractivity contribution in [2.24, 2.45) is 5.92 Å². The van der Waals surface area contributed by atoms with Gasteiger partial charge in [0.25, 0.3) is 0 Å². The zero-order chi connectivity index (χ0) is 27.4. The van der Waals surface area contributed by atoms with E-state index in [0.717, 1.165) is 12.8 Å². The van der Waals surface area contributed by atoms with E-state index in [1.54, 1.807) is 13.8 Å². The van der Waals surface area contributed by atoms with Gasteiger partial charge in [0.05, 0.1) is 6.54 Å².